The van der Waals surface area contributed by atoms with Crippen LogP contribution < -0.4 is 0 Å². The van der Waals surface area contributed by atoms with E-state index in [4.69, 9.17) is 0 Å². The average Bonchev–Trinajstić information content (AvgIpc) is 3.05. The molecule has 0 spiro atoms. The van der Waals surface area contributed by atoms with Gasteiger partial charge in [0.2, 0.25) is 0 Å². The van der Waals surface area contributed by atoms with Crippen molar-refractivity contribution in [1.29, 1.82) is 0 Å². The molecule has 0 atom stereocenters. The van der Waals surface area contributed by atoms with E-state index in [1.54, 1.807) is 0 Å². The van der Waals surface area contributed by atoms with Crippen LogP contribution in [0.1, 0.15) is 72.3 Å². The lowest BCUT2D eigenvalue weighted by Crippen LogP contribution is -2.06. The van der Waals surface area contributed by atoms with E-state index in [2.05, 4.69) is 145 Å². The highest BCUT2D eigenvalue weighted by atomic mass is 14.3. The summed E-state index contributed by atoms with van der Waals surface area (Å²) in [5, 5.41) is 5.66. The Kier molecular flexibility index (Phi) is 7.56. The summed E-state index contributed by atoms with van der Waals surface area (Å²) in [6.07, 6.45) is 0. The summed E-state index contributed by atoms with van der Waals surface area (Å²) in [6, 6.07) is 20.1. The molecule has 0 N–H and O–H groups in total. The number of rotatable bonds is 3. The molecular weight excluding hydrogens is 540 g/mol. The van der Waals surface area contributed by atoms with Gasteiger partial charge >= 0.3 is 0 Å². The van der Waals surface area contributed by atoms with Crippen LogP contribution in [-0.2, 0) is 0 Å². The Hall–Kier alpha value is -4.16. The third kappa shape index (κ3) is 4.40. The summed E-state index contributed by atoms with van der Waals surface area (Å²) < 4.78 is 0. The number of aryl methyl sites for hydroxylation is 4. The van der Waals surface area contributed by atoms with Crippen molar-refractivity contribution in [2.45, 2.75) is 90.0 Å². The van der Waals surface area contributed by atoms with Gasteiger partial charge < -0.3 is 0 Å². The van der Waals surface area contributed by atoms with Gasteiger partial charge in [-0.2, -0.15) is 0 Å². The summed E-state index contributed by atoms with van der Waals surface area (Å²) in [7, 11) is 0. The fraction of sp³-hybridized carbons (Fsp3) is 0.289. The third-order valence-electron chi connectivity index (χ3n) is 11.9. The van der Waals surface area contributed by atoms with Crippen LogP contribution in [-0.4, -0.2) is 0 Å². The van der Waals surface area contributed by atoms with Crippen LogP contribution in [0.25, 0.3) is 54.9 Å². The molecule has 0 saturated heterocycles. The Morgan fingerprint density at radius 1 is 0.222 bits per heavy atom. The van der Waals surface area contributed by atoms with Gasteiger partial charge in [-0.15, -0.1) is 0 Å². The zero-order valence-corrected chi connectivity index (χ0v) is 29.7. The smallest absolute Gasteiger partial charge is 0.00151 e. The molecule has 0 nitrogen and oxygen atoms in total. The van der Waals surface area contributed by atoms with Crippen molar-refractivity contribution < 1.29 is 0 Å². The minimum atomic E-state index is 1.25. The van der Waals surface area contributed by atoms with E-state index in [9.17, 15) is 0 Å². The lowest BCUT2D eigenvalue weighted by Gasteiger charge is -2.29. The van der Waals surface area contributed by atoms with E-state index in [1.807, 2.05) is 0 Å². The van der Waals surface area contributed by atoms with Crippen LogP contribution in [0.15, 0.2) is 54.6 Å². The normalized spacial score (nSPS) is 11.7. The zero-order chi connectivity index (χ0) is 32.6. The second kappa shape index (κ2) is 11.0. The van der Waals surface area contributed by atoms with E-state index >= 15 is 0 Å². The molecule has 0 aliphatic rings. The lowest BCUT2D eigenvalue weighted by molar-refractivity contribution is 1.18. The largest absolute Gasteiger partial charge is 0.0622 e. The second-order valence-corrected chi connectivity index (χ2v) is 13.7. The van der Waals surface area contributed by atoms with Crippen LogP contribution in [0.2, 0.25) is 0 Å². The van der Waals surface area contributed by atoms with Crippen LogP contribution in [0.4, 0.5) is 0 Å². The van der Waals surface area contributed by atoms with E-state index in [0.29, 0.717) is 0 Å². The first-order valence-electron chi connectivity index (χ1n) is 16.5. The summed E-state index contributed by atoms with van der Waals surface area (Å²) in [5.41, 5.74) is 26.3. The molecule has 6 rings (SSSR count). The maximum Gasteiger partial charge on any atom is -0.00151 e. The summed E-state index contributed by atoms with van der Waals surface area (Å²) in [6.45, 7) is 30.3. The van der Waals surface area contributed by atoms with Crippen molar-refractivity contribution in [1.82, 2.24) is 0 Å². The fourth-order valence-electron chi connectivity index (χ4n) is 8.00. The molecule has 0 bridgehead atoms. The summed E-state index contributed by atoms with van der Waals surface area (Å²) in [4.78, 5) is 0. The van der Waals surface area contributed by atoms with Gasteiger partial charge in [-0.25, -0.2) is 0 Å². The Labute approximate surface area is 271 Å². The maximum atomic E-state index is 2.36. The number of fused-ring (bicyclic) bond motifs is 2. The van der Waals surface area contributed by atoms with Crippen molar-refractivity contribution in [3.63, 3.8) is 0 Å². The number of hydrogen-bond donors (Lipinski definition) is 0. The molecule has 45 heavy (non-hydrogen) atoms. The molecular formula is C45H48. The van der Waals surface area contributed by atoms with E-state index < -0.39 is 0 Å². The van der Waals surface area contributed by atoms with Gasteiger partial charge in [-0.1, -0.05) is 54.6 Å². The van der Waals surface area contributed by atoms with Crippen LogP contribution in [0.3, 0.4) is 0 Å². The maximum absolute atomic E-state index is 2.36. The Morgan fingerprint density at radius 3 is 0.911 bits per heavy atom. The van der Waals surface area contributed by atoms with Crippen molar-refractivity contribution in [2.24, 2.45) is 0 Å². The highest BCUT2D eigenvalue weighted by Gasteiger charge is 2.28. The molecule has 0 heterocycles. The molecule has 0 amide bonds. The van der Waals surface area contributed by atoms with Gasteiger partial charge in [-0.05, 0) is 217 Å². The molecule has 228 valence electrons. The van der Waals surface area contributed by atoms with E-state index in [0.717, 1.165) is 0 Å². The van der Waals surface area contributed by atoms with Gasteiger partial charge in [0.25, 0.3) is 0 Å². The minimum Gasteiger partial charge on any atom is -0.0622 e. The van der Waals surface area contributed by atoms with Gasteiger partial charge in [0.05, 0.1) is 0 Å². The van der Waals surface area contributed by atoms with Crippen molar-refractivity contribution in [2.75, 3.05) is 0 Å². The van der Waals surface area contributed by atoms with Crippen molar-refractivity contribution >= 4 is 21.5 Å². The first kappa shape index (κ1) is 30.8. The second-order valence-electron chi connectivity index (χ2n) is 13.7. The Bertz CT molecular complexity index is 2080. The van der Waals surface area contributed by atoms with Gasteiger partial charge in [0.15, 0.2) is 0 Å². The fourth-order valence-corrected chi connectivity index (χ4v) is 8.00. The van der Waals surface area contributed by atoms with Gasteiger partial charge in [0, 0.05) is 0 Å². The molecule has 6 aromatic rings. The predicted molar refractivity (Wildman–Crippen MR) is 199 cm³/mol. The molecule has 0 saturated carbocycles. The minimum absolute atomic E-state index is 1.25. The Morgan fingerprint density at radius 2 is 0.511 bits per heavy atom. The van der Waals surface area contributed by atoms with Crippen LogP contribution in [0, 0.1) is 90.0 Å². The van der Waals surface area contributed by atoms with Crippen molar-refractivity contribution in [3.8, 4) is 33.4 Å². The van der Waals surface area contributed by atoms with E-state index in [-0.39, 0.29) is 0 Å². The Balaban J connectivity index is 1.93. The standard InChI is InChI=1S/C45H48/c1-23-24(2)30(8)39(31(9)25(23)3)45-42-34(12)28(6)26(4)32(10)40(42)44(41-33(11)27(5)29(7)35(13)43(41)45)38-21-19-37(20-22-38)36-17-15-14-16-18-36/h14-22H,1-13H3. The SMILES string of the molecule is Cc1c(C)c(C)c(-c2c3c(C)c(C)c(C)c(C)c3c(-c3ccc(-c4ccccc4)cc3)c3c(C)c(C)c(C)c(C)c23)c(C)c1C. The highest BCUT2D eigenvalue weighted by Crippen LogP contribution is 2.52. The third-order valence-corrected chi connectivity index (χ3v) is 11.9. The first-order valence-corrected chi connectivity index (χ1v) is 16.5. The topological polar surface area (TPSA) is 0 Å². The van der Waals surface area contributed by atoms with E-state index in [1.165, 1.54) is 127 Å². The molecule has 0 aromatic heterocycles. The number of benzene rings is 6. The molecule has 0 heteroatoms. The molecule has 0 radical (unpaired) electrons. The summed E-state index contributed by atoms with van der Waals surface area (Å²) in [5.74, 6) is 0. The number of hydrogen-bond acceptors (Lipinski definition) is 0. The quantitative estimate of drug-likeness (QED) is 0.180. The molecule has 6 aromatic carbocycles. The predicted octanol–water partition coefficient (Wildman–Crippen LogP) is 13.0. The molecule has 0 aliphatic heterocycles. The van der Waals surface area contributed by atoms with Crippen LogP contribution in [0.5, 0.6) is 0 Å². The van der Waals surface area contributed by atoms with Gasteiger partial charge in [-0.3, -0.25) is 0 Å². The average molecular weight is 589 g/mol. The molecule has 0 fully saturated rings. The first-order chi connectivity index (χ1) is 21.3. The monoisotopic (exact) mass is 588 g/mol. The lowest BCUT2D eigenvalue weighted by atomic mass is 9.74. The van der Waals surface area contributed by atoms with Gasteiger partial charge in [0.1, 0.15) is 0 Å². The molecule has 0 aliphatic carbocycles. The van der Waals surface area contributed by atoms with Crippen molar-refractivity contribution in [3.05, 3.63) is 127 Å². The molecule has 0 unspecified atom stereocenters. The zero-order valence-electron chi connectivity index (χ0n) is 29.7. The highest BCUT2D eigenvalue weighted by molar-refractivity contribution is 6.25. The summed E-state index contributed by atoms with van der Waals surface area (Å²) >= 11 is 0. The van der Waals surface area contributed by atoms with Crippen LogP contribution >= 0.6 is 0 Å².